The number of halogens is 1. The van der Waals surface area contributed by atoms with Crippen molar-refractivity contribution in [2.75, 3.05) is 24.2 Å². The van der Waals surface area contributed by atoms with E-state index in [-0.39, 0.29) is 11.7 Å². The molecule has 0 bridgehead atoms. The Morgan fingerprint density at radius 3 is 2.48 bits per heavy atom. The van der Waals surface area contributed by atoms with Crippen molar-refractivity contribution >= 4 is 21.6 Å². The Morgan fingerprint density at radius 1 is 1.21 bits per heavy atom. The smallest absolute Gasteiger partial charge is 0.243 e. The van der Waals surface area contributed by atoms with Crippen LogP contribution >= 0.6 is 0 Å². The first kappa shape index (κ1) is 22.7. The van der Waals surface area contributed by atoms with Gasteiger partial charge in [-0.1, -0.05) is 25.1 Å². The Labute approximate surface area is 171 Å². The van der Waals surface area contributed by atoms with Crippen molar-refractivity contribution < 1.29 is 22.3 Å². The summed E-state index contributed by atoms with van der Waals surface area (Å²) in [7, 11) is -2.20. The van der Waals surface area contributed by atoms with E-state index in [1.165, 1.54) is 19.2 Å². The Kier molecular flexibility index (Phi) is 8.01. The first-order valence-corrected chi connectivity index (χ1v) is 11.3. The zero-order valence-corrected chi connectivity index (χ0v) is 17.7. The van der Waals surface area contributed by atoms with Crippen LogP contribution in [0.5, 0.6) is 5.75 Å². The van der Waals surface area contributed by atoms with E-state index in [4.69, 9.17) is 4.74 Å². The lowest BCUT2D eigenvalue weighted by atomic mass is 10.1. The normalized spacial score (nSPS) is 12.3. The number of methoxy groups -OCH3 is 1. The van der Waals surface area contributed by atoms with Crippen molar-refractivity contribution in [3.05, 3.63) is 59.9 Å². The molecule has 0 heterocycles. The molecule has 158 valence electrons. The number of carbonyl (C=O) groups excluding carboxylic acids is 1. The van der Waals surface area contributed by atoms with Gasteiger partial charge in [-0.15, -0.1) is 0 Å². The highest BCUT2D eigenvalue weighted by atomic mass is 32.2. The van der Waals surface area contributed by atoms with Crippen LogP contribution in [0.4, 0.5) is 10.1 Å². The number of rotatable bonds is 10. The topological polar surface area (TPSA) is 75.7 Å². The molecule has 8 heteroatoms. The van der Waals surface area contributed by atoms with Gasteiger partial charge in [-0.3, -0.25) is 9.10 Å². The molecule has 0 spiro atoms. The second kappa shape index (κ2) is 10.2. The average molecular weight is 423 g/mol. The van der Waals surface area contributed by atoms with E-state index < -0.39 is 16.1 Å². The minimum absolute atomic E-state index is 0.286. The third-order valence-corrected chi connectivity index (χ3v) is 5.67. The van der Waals surface area contributed by atoms with Crippen LogP contribution in [0.3, 0.4) is 0 Å². The van der Waals surface area contributed by atoms with E-state index in [0.29, 0.717) is 37.2 Å². The summed E-state index contributed by atoms with van der Waals surface area (Å²) in [5.41, 5.74) is 1.35. The number of nitrogens with one attached hydrogen (secondary N) is 1. The zero-order valence-electron chi connectivity index (χ0n) is 16.9. The van der Waals surface area contributed by atoms with Crippen LogP contribution in [-0.4, -0.2) is 40.3 Å². The molecule has 0 fully saturated rings. The summed E-state index contributed by atoms with van der Waals surface area (Å²) in [5.74, 6) is -0.142. The summed E-state index contributed by atoms with van der Waals surface area (Å²) in [4.78, 5) is 12.7. The van der Waals surface area contributed by atoms with Crippen LogP contribution in [0, 0.1) is 5.82 Å². The van der Waals surface area contributed by atoms with Crippen molar-refractivity contribution in [2.24, 2.45) is 0 Å². The monoisotopic (exact) mass is 422 g/mol. The SMILES string of the molecule is CCC(C(=O)NCCCc1ccc(F)cc1)N(c1cccc(OC)c1)S(C)(=O)=O. The van der Waals surface area contributed by atoms with Gasteiger partial charge in [0.2, 0.25) is 15.9 Å². The number of nitrogens with zero attached hydrogens (tertiary/aromatic N) is 1. The summed E-state index contributed by atoms with van der Waals surface area (Å²) in [6.07, 6.45) is 2.74. The maximum atomic E-state index is 12.9. The van der Waals surface area contributed by atoms with E-state index in [2.05, 4.69) is 5.32 Å². The van der Waals surface area contributed by atoms with Crippen LogP contribution in [0.1, 0.15) is 25.3 Å². The molecule has 29 heavy (non-hydrogen) atoms. The average Bonchev–Trinajstić information content (AvgIpc) is 2.69. The minimum Gasteiger partial charge on any atom is -0.497 e. The zero-order chi connectivity index (χ0) is 21.4. The van der Waals surface area contributed by atoms with Gasteiger partial charge in [0.05, 0.1) is 19.1 Å². The van der Waals surface area contributed by atoms with Crippen molar-refractivity contribution in [3.8, 4) is 5.75 Å². The maximum absolute atomic E-state index is 12.9. The Bertz CT molecular complexity index is 917. The lowest BCUT2D eigenvalue weighted by Gasteiger charge is -2.30. The summed E-state index contributed by atoms with van der Waals surface area (Å²) >= 11 is 0. The molecule has 0 saturated carbocycles. The first-order chi connectivity index (χ1) is 13.8. The highest BCUT2D eigenvalue weighted by molar-refractivity contribution is 7.92. The molecule has 6 nitrogen and oxygen atoms in total. The predicted molar refractivity (Wildman–Crippen MR) is 112 cm³/mol. The van der Waals surface area contributed by atoms with Gasteiger partial charge in [0.25, 0.3) is 0 Å². The third kappa shape index (κ3) is 6.45. The fraction of sp³-hybridized carbons (Fsp3) is 0.381. The quantitative estimate of drug-likeness (QED) is 0.597. The van der Waals surface area contributed by atoms with Crippen LogP contribution in [0.15, 0.2) is 48.5 Å². The van der Waals surface area contributed by atoms with Crippen molar-refractivity contribution in [1.29, 1.82) is 0 Å². The van der Waals surface area contributed by atoms with E-state index >= 15 is 0 Å². The highest BCUT2D eigenvalue weighted by Gasteiger charge is 2.31. The Balaban J connectivity index is 2.06. The molecule has 2 rings (SSSR count). The molecule has 0 aliphatic heterocycles. The van der Waals surface area contributed by atoms with Gasteiger partial charge in [0, 0.05) is 12.6 Å². The second-order valence-electron chi connectivity index (χ2n) is 6.71. The summed E-state index contributed by atoms with van der Waals surface area (Å²) in [6, 6.07) is 12.0. The van der Waals surface area contributed by atoms with Gasteiger partial charge < -0.3 is 10.1 Å². The number of benzene rings is 2. The van der Waals surface area contributed by atoms with E-state index in [1.807, 2.05) is 0 Å². The number of carbonyl (C=O) groups is 1. The maximum Gasteiger partial charge on any atom is 0.243 e. The lowest BCUT2D eigenvalue weighted by Crippen LogP contribution is -2.49. The number of amides is 1. The molecular weight excluding hydrogens is 395 g/mol. The molecule has 1 N–H and O–H groups in total. The number of aryl methyl sites for hydroxylation is 1. The van der Waals surface area contributed by atoms with Crippen LogP contribution in [0.2, 0.25) is 0 Å². The molecule has 2 aromatic carbocycles. The summed E-state index contributed by atoms with van der Waals surface area (Å²) in [6.45, 7) is 2.16. The molecular formula is C21H27FN2O4S. The number of anilines is 1. The number of ether oxygens (including phenoxy) is 1. The molecule has 0 saturated heterocycles. The van der Waals surface area contributed by atoms with E-state index in [9.17, 15) is 17.6 Å². The largest absolute Gasteiger partial charge is 0.497 e. The van der Waals surface area contributed by atoms with Gasteiger partial charge in [-0.2, -0.15) is 0 Å². The second-order valence-corrected chi connectivity index (χ2v) is 8.56. The summed E-state index contributed by atoms with van der Waals surface area (Å²) < 4.78 is 44.2. The molecule has 0 aromatic heterocycles. The van der Waals surface area contributed by atoms with Crippen molar-refractivity contribution in [1.82, 2.24) is 5.32 Å². The van der Waals surface area contributed by atoms with Gasteiger partial charge >= 0.3 is 0 Å². The molecule has 1 amide bonds. The fourth-order valence-corrected chi connectivity index (χ4v) is 4.28. The van der Waals surface area contributed by atoms with Crippen LogP contribution < -0.4 is 14.4 Å². The first-order valence-electron chi connectivity index (χ1n) is 9.42. The molecule has 0 aliphatic carbocycles. The van der Waals surface area contributed by atoms with E-state index in [1.54, 1.807) is 43.3 Å². The molecule has 0 radical (unpaired) electrons. The molecule has 0 aliphatic rings. The molecule has 2 aromatic rings. The Hall–Kier alpha value is -2.61. The number of hydrogen-bond acceptors (Lipinski definition) is 4. The highest BCUT2D eigenvalue weighted by Crippen LogP contribution is 2.26. The Morgan fingerprint density at radius 2 is 1.90 bits per heavy atom. The van der Waals surface area contributed by atoms with Crippen molar-refractivity contribution in [3.63, 3.8) is 0 Å². The fourth-order valence-electron chi connectivity index (χ4n) is 3.08. The number of hydrogen-bond donors (Lipinski definition) is 1. The summed E-state index contributed by atoms with van der Waals surface area (Å²) in [5, 5.41) is 2.82. The van der Waals surface area contributed by atoms with Crippen LogP contribution in [0.25, 0.3) is 0 Å². The third-order valence-electron chi connectivity index (χ3n) is 4.49. The molecule has 1 atom stereocenters. The van der Waals surface area contributed by atoms with E-state index in [0.717, 1.165) is 16.1 Å². The van der Waals surface area contributed by atoms with Gasteiger partial charge in [-0.05, 0) is 49.1 Å². The number of sulfonamides is 1. The lowest BCUT2D eigenvalue weighted by molar-refractivity contribution is -0.122. The minimum atomic E-state index is -3.70. The van der Waals surface area contributed by atoms with Gasteiger partial charge in [0.1, 0.15) is 17.6 Å². The van der Waals surface area contributed by atoms with Gasteiger partial charge in [-0.25, -0.2) is 12.8 Å². The van der Waals surface area contributed by atoms with Crippen molar-refractivity contribution in [2.45, 2.75) is 32.2 Å². The predicted octanol–water partition coefficient (Wildman–Crippen LogP) is 3.13. The molecule has 1 unspecified atom stereocenters. The van der Waals surface area contributed by atoms with Crippen LogP contribution in [-0.2, 0) is 21.2 Å². The standard InChI is InChI=1S/C21H27FN2O4S/c1-4-20(21(25)23-14-6-7-16-10-12-17(22)13-11-16)24(29(3,26)27)18-8-5-9-19(15-18)28-2/h5,8-13,15,20H,4,6-7,14H2,1-3H3,(H,23,25). The van der Waals surface area contributed by atoms with Gasteiger partial charge in [0.15, 0.2) is 0 Å².